The molecule has 70 valence electrons. The van der Waals surface area contributed by atoms with E-state index in [1.165, 1.54) is 0 Å². The molecule has 3 N–H and O–H groups in total. The van der Waals surface area contributed by atoms with E-state index < -0.39 is 11.9 Å². The van der Waals surface area contributed by atoms with Gasteiger partial charge in [0, 0.05) is 24.5 Å². The van der Waals surface area contributed by atoms with Gasteiger partial charge in [-0.3, -0.25) is 0 Å². The zero-order valence-corrected chi connectivity index (χ0v) is 6.68. The molecule has 5 heteroatoms. The molecule has 13 heavy (non-hydrogen) atoms. The van der Waals surface area contributed by atoms with Gasteiger partial charge in [-0.25, -0.2) is 9.59 Å². The molecule has 0 unspecified atom stereocenters. The summed E-state index contributed by atoms with van der Waals surface area (Å²) >= 11 is 0. The lowest BCUT2D eigenvalue weighted by Crippen LogP contribution is -1.91. The number of H-pyrrole nitrogens is 1. The van der Waals surface area contributed by atoms with Gasteiger partial charge in [0.2, 0.25) is 0 Å². The molecule has 0 saturated heterocycles. The molecule has 1 aromatic heterocycles. The van der Waals surface area contributed by atoms with Crippen LogP contribution in [0.15, 0.2) is 36.7 Å². The average Bonchev–Trinajstić information content (AvgIpc) is 2.57. The molecule has 0 spiro atoms. The SMILES string of the molecule is O=C(O)/C=C/C(=O)O.c1cc[nH]c1. The van der Waals surface area contributed by atoms with E-state index in [0.29, 0.717) is 12.2 Å². The second-order valence-corrected chi connectivity index (χ2v) is 1.89. The molecule has 0 aliphatic rings. The maximum Gasteiger partial charge on any atom is 0.328 e. The monoisotopic (exact) mass is 183 g/mol. The van der Waals surface area contributed by atoms with Crippen LogP contribution in [0.3, 0.4) is 0 Å². The van der Waals surface area contributed by atoms with Gasteiger partial charge in [0.05, 0.1) is 0 Å². The van der Waals surface area contributed by atoms with Crippen LogP contribution in [0.5, 0.6) is 0 Å². The Labute approximate surface area is 74.3 Å². The van der Waals surface area contributed by atoms with Crippen molar-refractivity contribution in [1.29, 1.82) is 0 Å². The zero-order valence-electron chi connectivity index (χ0n) is 6.68. The number of carbonyl (C=O) groups is 2. The van der Waals surface area contributed by atoms with E-state index in [1.807, 2.05) is 24.5 Å². The number of carboxylic acids is 2. The summed E-state index contributed by atoms with van der Waals surface area (Å²) in [5.74, 6) is -2.51. The summed E-state index contributed by atoms with van der Waals surface area (Å²) in [4.78, 5) is 22.0. The Morgan fingerprint density at radius 3 is 1.54 bits per heavy atom. The van der Waals surface area contributed by atoms with Gasteiger partial charge in [-0.2, -0.15) is 0 Å². The van der Waals surface area contributed by atoms with E-state index in [-0.39, 0.29) is 0 Å². The molecule has 0 aliphatic heterocycles. The van der Waals surface area contributed by atoms with Gasteiger partial charge in [-0.1, -0.05) is 0 Å². The molecule has 1 rings (SSSR count). The lowest BCUT2D eigenvalue weighted by molar-refractivity contribution is -0.134. The summed E-state index contributed by atoms with van der Waals surface area (Å²) in [6, 6.07) is 3.89. The summed E-state index contributed by atoms with van der Waals surface area (Å²) in [6.07, 6.45) is 4.87. The Kier molecular flexibility index (Phi) is 5.61. The van der Waals surface area contributed by atoms with Crippen LogP contribution in [0.25, 0.3) is 0 Å². The molecule has 0 amide bonds. The van der Waals surface area contributed by atoms with Gasteiger partial charge in [0.15, 0.2) is 0 Å². The summed E-state index contributed by atoms with van der Waals surface area (Å²) in [5, 5.41) is 15.6. The molecule has 0 saturated carbocycles. The van der Waals surface area contributed by atoms with E-state index in [1.54, 1.807) is 0 Å². The largest absolute Gasteiger partial charge is 0.478 e. The standard InChI is InChI=1S/C4H5N.C4H4O4/c1-2-4-5-3-1;5-3(6)1-2-4(7)8/h1-5H;1-2H,(H,5,6)(H,7,8)/b;2-1+. The third-order valence-corrected chi connectivity index (χ3v) is 0.864. The van der Waals surface area contributed by atoms with Gasteiger partial charge < -0.3 is 15.2 Å². The number of carboxylic acid groups (broad SMARTS) is 2. The number of rotatable bonds is 2. The van der Waals surface area contributed by atoms with E-state index in [2.05, 4.69) is 4.98 Å². The summed E-state index contributed by atoms with van der Waals surface area (Å²) in [5.41, 5.74) is 0. The molecule has 0 aliphatic carbocycles. The van der Waals surface area contributed by atoms with Crippen LogP contribution in [-0.2, 0) is 9.59 Å². The van der Waals surface area contributed by atoms with E-state index in [9.17, 15) is 9.59 Å². The van der Waals surface area contributed by atoms with Gasteiger partial charge in [-0.05, 0) is 12.1 Å². The fourth-order valence-electron chi connectivity index (χ4n) is 0.420. The third kappa shape index (κ3) is 9.96. The highest BCUT2D eigenvalue weighted by atomic mass is 16.4. The topological polar surface area (TPSA) is 90.4 Å². The lowest BCUT2D eigenvalue weighted by Gasteiger charge is -1.74. The minimum atomic E-state index is -1.26. The number of nitrogens with one attached hydrogen (secondary N) is 1. The minimum Gasteiger partial charge on any atom is -0.478 e. The molecule has 0 fully saturated rings. The molecule has 0 atom stereocenters. The highest BCUT2D eigenvalue weighted by Crippen LogP contribution is 1.72. The van der Waals surface area contributed by atoms with E-state index in [0.717, 1.165) is 0 Å². The second kappa shape index (κ2) is 6.66. The highest BCUT2D eigenvalue weighted by molar-refractivity contribution is 5.89. The van der Waals surface area contributed by atoms with E-state index >= 15 is 0 Å². The normalized spacial score (nSPS) is 8.92. The maximum atomic E-state index is 9.55. The van der Waals surface area contributed by atoms with Crippen molar-refractivity contribution >= 4 is 11.9 Å². The number of hydrogen-bond donors (Lipinski definition) is 3. The predicted octanol–water partition coefficient (Wildman–Crippen LogP) is 0.727. The average molecular weight is 183 g/mol. The Morgan fingerprint density at radius 1 is 1.00 bits per heavy atom. The first-order valence-electron chi connectivity index (χ1n) is 3.34. The van der Waals surface area contributed by atoms with Crippen LogP contribution in [0.1, 0.15) is 0 Å². The fourth-order valence-corrected chi connectivity index (χ4v) is 0.420. The summed E-state index contributed by atoms with van der Waals surface area (Å²) in [7, 11) is 0. The van der Waals surface area contributed by atoms with Crippen LogP contribution >= 0.6 is 0 Å². The smallest absolute Gasteiger partial charge is 0.328 e. The van der Waals surface area contributed by atoms with Crippen molar-refractivity contribution in [2.75, 3.05) is 0 Å². The van der Waals surface area contributed by atoms with Gasteiger partial charge in [-0.15, -0.1) is 0 Å². The first kappa shape index (κ1) is 11.0. The number of hydrogen-bond acceptors (Lipinski definition) is 2. The van der Waals surface area contributed by atoms with Gasteiger partial charge in [0.25, 0.3) is 0 Å². The predicted molar refractivity (Wildman–Crippen MR) is 45.2 cm³/mol. The van der Waals surface area contributed by atoms with Crippen LogP contribution in [0.4, 0.5) is 0 Å². The number of aromatic amines is 1. The van der Waals surface area contributed by atoms with Crippen molar-refractivity contribution in [3.63, 3.8) is 0 Å². The molecule has 1 aromatic rings. The lowest BCUT2D eigenvalue weighted by atomic mass is 10.5. The van der Waals surface area contributed by atoms with Crippen molar-refractivity contribution in [1.82, 2.24) is 4.98 Å². The van der Waals surface area contributed by atoms with E-state index in [4.69, 9.17) is 10.2 Å². The van der Waals surface area contributed by atoms with Gasteiger partial charge >= 0.3 is 11.9 Å². The van der Waals surface area contributed by atoms with Crippen molar-refractivity contribution < 1.29 is 19.8 Å². The van der Waals surface area contributed by atoms with Crippen LogP contribution in [0.2, 0.25) is 0 Å². The van der Waals surface area contributed by atoms with Crippen molar-refractivity contribution in [3.05, 3.63) is 36.7 Å². The second-order valence-electron chi connectivity index (χ2n) is 1.89. The first-order chi connectivity index (χ1) is 6.13. The summed E-state index contributed by atoms with van der Waals surface area (Å²) < 4.78 is 0. The molecule has 5 nitrogen and oxygen atoms in total. The Bertz CT molecular complexity index is 243. The molecule has 0 radical (unpaired) electrons. The molecule has 0 aromatic carbocycles. The fraction of sp³-hybridized carbons (Fsp3) is 0. The maximum absolute atomic E-state index is 9.55. The van der Waals surface area contributed by atoms with Crippen LogP contribution < -0.4 is 0 Å². The molecular formula is C8H9NO4. The van der Waals surface area contributed by atoms with Gasteiger partial charge in [0.1, 0.15) is 0 Å². The zero-order chi connectivity index (χ0) is 10.1. The van der Waals surface area contributed by atoms with Crippen molar-refractivity contribution in [2.45, 2.75) is 0 Å². The number of aromatic nitrogens is 1. The quantitative estimate of drug-likeness (QED) is 0.589. The Balaban J connectivity index is 0.000000243. The molecule has 0 bridgehead atoms. The minimum absolute atomic E-state index is 0.558. The van der Waals surface area contributed by atoms with Crippen LogP contribution in [-0.4, -0.2) is 27.1 Å². The van der Waals surface area contributed by atoms with Crippen LogP contribution in [0, 0.1) is 0 Å². The summed E-state index contributed by atoms with van der Waals surface area (Å²) in [6.45, 7) is 0. The molecule has 1 heterocycles. The Morgan fingerprint density at radius 2 is 1.38 bits per heavy atom. The number of aliphatic carboxylic acids is 2. The van der Waals surface area contributed by atoms with Crippen molar-refractivity contribution in [3.8, 4) is 0 Å². The Hall–Kier alpha value is -2.04. The first-order valence-corrected chi connectivity index (χ1v) is 3.34. The third-order valence-electron chi connectivity index (χ3n) is 0.864. The van der Waals surface area contributed by atoms with Crippen molar-refractivity contribution in [2.24, 2.45) is 0 Å². The molecular weight excluding hydrogens is 174 g/mol. The highest BCUT2D eigenvalue weighted by Gasteiger charge is 1.88.